The van der Waals surface area contributed by atoms with Crippen LogP contribution in [0.5, 0.6) is 0 Å². The zero-order valence-electron chi connectivity index (χ0n) is 10.0. The molecule has 94 valence electrons. The van der Waals surface area contributed by atoms with Gasteiger partial charge in [-0.25, -0.2) is 4.98 Å². The fourth-order valence-corrected chi connectivity index (χ4v) is 3.01. The average molecular weight is 318 g/mol. The molecule has 1 unspecified atom stereocenters. The Bertz CT molecular complexity index is 378. The lowest BCUT2D eigenvalue weighted by atomic mass is 9.84. The quantitative estimate of drug-likeness (QED) is 0.804. The number of hydrogen-bond acceptors (Lipinski definition) is 2. The number of aromatic nitrogens is 1. The van der Waals surface area contributed by atoms with E-state index in [9.17, 15) is 0 Å². The van der Waals surface area contributed by atoms with Gasteiger partial charge in [0.05, 0.1) is 5.69 Å². The van der Waals surface area contributed by atoms with Crippen LogP contribution in [0.15, 0.2) is 16.7 Å². The van der Waals surface area contributed by atoms with Crippen LogP contribution in [0, 0.1) is 5.92 Å². The molecule has 0 aromatic carbocycles. The van der Waals surface area contributed by atoms with Crippen LogP contribution in [0.1, 0.15) is 39.0 Å². The molecule has 0 amide bonds. The van der Waals surface area contributed by atoms with Crippen molar-refractivity contribution in [3.05, 3.63) is 21.9 Å². The van der Waals surface area contributed by atoms with E-state index in [2.05, 4.69) is 33.2 Å². The molecule has 1 aromatic heterocycles. The van der Waals surface area contributed by atoms with Gasteiger partial charge >= 0.3 is 0 Å². The van der Waals surface area contributed by atoms with E-state index in [-0.39, 0.29) is 0 Å². The first-order valence-corrected chi connectivity index (χ1v) is 7.41. The van der Waals surface area contributed by atoms with Crippen LogP contribution in [0.4, 0.5) is 5.69 Å². The number of rotatable bonds is 3. The Morgan fingerprint density at radius 3 is 2.82 bits per heavy atom. The molecular weight excluding hydrogens is 300 g/mol. The minimum Gasteiger partial charge on any atom is -0.380 e. The molecule has 1 aliphatic carbocycles. The second-order valence-corrected chi connectivity index (χ2v) is 6.10. The molecule has 0 radical (unpaired) electrons. The lowest BCUT2D eigenvalue weighted by Crippen LogP contribution is -2.27. The molecule has 17 heavy (non-hydrogen) atoms. The number of anilines is 1. The van der Waals surface area contributed by atoms with E-state index in [1.165, 1.54) is 32.1 Å². The predicted molar refractivity (Wildman–Crippen MR) is 76.6 cm³/mol. The van der Waals surface area contributed by atoms with Gasteiger partial charge in [-0.05, 0) is 47.7 Å². The predicted octanol–water partition coefficient (Wildman–Crippen LogP) is 4.88. The Morgan fingerprint density at radius 2 is 2.12 bits per heavy atom. The van der Waals surface area contributed by atoms with E-state index >= 15 is 0 Å². The highest BCUT2D eigenvalue weighted by Gasteiger charge is 2.20. The zero-order valence-corrected chi connectivity index (χ0v) is 12.4. The molecule has 1 fully saturated rings. The smallest absolute Gasteiger partial charge is 0.152 e. The first kappa shape index (κ1) is 13.2. The van der Waals surface area contributed by atoms with Crippen LogP contribution in [0.2, 0.25) is 5.15 Å². The standard InChI is InChI=1S/C13H18BrClN2/c1-9(10-5-3-2-4-6-10)17-12-7-11(14)8-16-13(12)15/h7-10,17H,2-6H2,1H3. The summed E-state index contributed by atoms with van der Waals surface area (Å²) in [6.07, 6.45) is 8.49. The lowest BCUT2D eigenvalue weighted by Gasteiger charge is -2.29. The van der Waals surface area contributed by atoms with Crippen molar-refractivity contribution in [1.82, 2.24) is 4.98 Å². The lowest BCUT2D eigenvalue weighted by molar-refractivity contribution is 0.328. The second-order valence-electron chi connectivity index (χ2n) is 4.82. The van der Waals surface area contributed by atoms with Gasteiger partial charge in [0, 0.05) is 16.7 Å². The highest BCUT2D eigenvalue weighted by Crippen LogP contribution is 2.30. The van der Waals surface area contributed by atoms with Gasteiger partial charge < -0.3 is 5.32 Å². The summed E-state index contributed by atoms with van der Waals surface area (Å²) in [7, 11) is 0. The van der Waals surface area contributed by atoms with Crippen molar-refractivity contribution >= 4 is 33.2 Å². The fourth-order valence-electron chi connectivity index (χ4n) is 2.52. The molecule has 1 heterocycles. The maximum Gasteiger partial charge on any atom is 0.152 e. The molecule has 2 rings (SSSR count). The Balaban J connectivity index is 2.01. The van der Waals surface area contributed by atoms with Gasteiger partial charge in [0.25, 0.3) is 0 Å². The van der Waals surface area contributed by atoms with E-state index < -0.39 is 0 Å². The molecule has 1 atom stereocenters. The third-order valence-corrected chi connectivity index (χ3v) is 4.28. The van der Waals surface area contributed by atoms with E-state index in [1.807, 2.05) is 6.07 Å². The van der Waals surface area contributed by atoms with Crippen molar-refractivity contribution in [2.24, 2.45) is 5.92 Å². The van der Waals surface area contributed by atoms with Crippen LogP contribution < -0.4 is 5.32 Å². The molecular formula is C13H18BrClN2. The van der Waals surface area contributed by atoms with Gasteiger partial charge in [0.2, 0.25) is 0 Å². The summed E-state index contributed by atoms with van der Waals surface area (Å²) in [5.41, 5.74) is 0.930. The largest absolute Gasteiger partial charge is 0.380 e. The van der Waals surface area contributed by atoms with Gasteiger partial charge in [0.15, 0.2) is 5.15 Å². The number of hydrogen-bond donors (Lipinski definition) is 1. The van der Waals surface area contributed by atoms with E-state index in [4.69, 9.17) is 11.6 Å². The maximum absolute atomic E-state index is 6.08. The second kappa shape index (κ2) is 6.05. The van der Waals surface area contributed by atoms with Crippen LogP contribution >= 0.6 is 27.5 Å². The molecule has 1 saturated carbocycles. The Hall–Kier alpha value is -0.280. The van der Waals surface area contributed by atoms with Crippen LogP contribution in [-0.4, -0.2) is 11.0 Å². The Labute approximate surface area is 116 Å². The highest BCUT2D eigenvalue weighted by molar-refractivity contribution is 9.10. The highest BCUT2D eigenvalue weighted by atomic mass is 79.9. The topological polar surface area (TPSA) is 24.9 Å². The Kier molecular flexibility index (Phi) is 4.69. The van der Waals surface area contributed by atoms with Crippen molar-refractivity contribution in [2.45, 2.75) is 45.1 Å². The minimum atomic E-state index is 0.462. The molecule has 0 bridgehead atoms. The maximum atomic E-state index is 6.08. The monoisotopic (exact) mass is 316 g/mol. The Morgan fingerprint density at radius 1 is 1.41 bits per heavy atom. The number of pyridine rings is 1. The van der Waals surface area contributed by atoms with Crippen molar-refractivity contribution in [3.63, 3.8) is 0 Å². The minimum absolute atomic E-state index is 0.462. The molecule has 1 N–H and O–H groups in total. The van der Waals surface area contributed by atoms with Gasteiger partial charge in [-0.2, -0.15) is 0 Å². The number of nitrogens with zero attached hydrogens (tertiary/aromatic N) is 1. The van der Waals surface area contributed by atoms with Crippen LogP contribution in [-0.2, 0) is 0 Å². The molecule has 1 aliphatic rings. The summed E-state index contributed by atoms with van der Waals surface area (Å²) in [5.74, 6) is 0.763. The van der Waals surface area contributed by atoms with Crippen LogP contribution in [0.3, 0.4) is 0 Å². The summed E-state index contributed by atoms with van der Waals surface area (Å²) in [5, 5.41) is 4.05. The van der Waals surface area contributed by atoms with Crippen molar-refractivity contribution in [1.29, 1.82) is 0 Å². The number of nitrogens with one attached hydrogen (secondary N) is 1. The summed E-state index contributed by atoms with van der Waals surface area (Å²) in [6.45, 7) is 2.24. The average Bonchev–Trinajstić information content (AvgIpc) is 2.35. The normalized spacial score (nSPS) is 19.0. The van der Waals surface area contributed by atoms with Gasteiger partial charge in [-0.15, -0.1) is 0 Å². The molecule has 4 heteroatoms. The molecule has 1 aromatic rings. The van der Waals surface area contributed by atoms with E-state index in [0.29, 0.717) is 11.2 Å². The van der Waals surface area contributed by atoms with Gasteiger partial charge in [-0.1, -0.05) is 30.9 Å². The summed E-state index contributed by atoms with van der Waals surface area (Å²) < 4.78 is 0.959. The van der Waals surface area contributed by atoms with E-state index in [1.54, 1.807) is 6.20 Å². The molecule has 0 aliphatic heterocycles. The van der Waals surface area contributed by atoms with Crippen molar-refractivity contribution in [2.75, 3.05) is 5.32 Å². The fraction of sp³-hybridized carbons (Fsp3) is 0.615. The zero-order chi connectivity index (χ0) is 12.3. The summed E-state index contributed by atoms with van der Waals surface area (Å²) in [6, 6.07) is 2.46. The summed E-state index contributed by atoms with van der Waals surface area (Å²) in [4.78, 5) is 4.13. The number of halogens is 2. The first-order chi connectivity index (χ1) is 8.16. The van der Waals surface area contributed by atoms with Gasteiger partial charge in [0.1, 0.15) is 0 Å². The molecule has 0 saturated heterocycles. The first-order valence-electron chi connectivity index (χ1n) is 6.24. The molecule has 2 nitrogen and oxygen atoms in total. The van der Waals surface area contributed by atoms with Crippen LogP contribution in [0.25, 0.3) is 0 Å². The third kappa shape index (κ3) is 3.59. The van der Waals surface area contributed by atoms with Gasteiger partial charge in [-0.3, -0.25) is 0 Å². The SMILES string of the molecule is CC(Nc1cc(Br)cnc1Cl)C1CCCCC1. The van der Waals surface area contributed by atoms with E-state index in [0.717, 1.165) is 16.1 Å². The van der Waals surface area contributed by atoms with Crippen molar-refractivity contribution in [3.8, 4) is 0 Å². The van der Waals surface area contributed by atoms with Crippen molar-refractivity contribution < 1.29 is 0 Å². The molecule has 0 spiro atoms. The summed E-state index contributed by atoms with van der Waals surface area (Å²) >= 11 is 9.51. The third-order valence-electron chi connectivity index (χ3n) is 3.55.